The van der Waals surface area contributed by atoms with Gasteiger partial charge in [0.1, 0.15) is 19.6 Å². The van der Waals surface area contributed by atoms with E-state index in [1.54, 1.807) is 14.2 Å². The minimum absolute atomic E-state index is 0.836. The molecule has 3 rings (SSSR count). The average molecular weight is 312 g/mol. The Morgan fingerprint density at radius 3 is 1.96 bits per heavy atom. The normalized spacial score (nSPS) is 15.3. The first-order chi connectivity index (χ1) is 11.2. The van der Waals surface area contributed by atoms with Crippen LogP contribution in [0.3, 0.4) is 0 Å². The summed E-state index contributed by atoms with van der Waals surface area (Å²) in [5, 5.41) is 0. The van der Waals surface area contributed by atoms with Gasteiger partial charge in [0, 0.05) is 16.7 Å². The molecule has 0 N–H and O–H groups in total. The highest BCUT2D eigenvalue weighted by Gasteiger charge is 2.36. The van der Waals surface area contributed by atoms with Gasteiger partial charge in [0.2, 0.25) is 0 Å². The van der Waals surface area contributed by atoms with Gasteiger partial charge >= 0.3 is 0 Å². The van der Waals surface area contributed by atoms with Gasteiger partial charge in [-0.25, -0.2) is 0 Å². The Balaban J connectivity index is 1.91. The summed E-state index contributed by atoms with van der Waals surface area (Å²) in [6.07, 6.45) is 1.19. The zero-order valence-electron chi connectivity index (χ0n) is 14.3. The van der Waals surface area contributed by atoms with Gasteiger partial charge in [0.05, 0.1) is 20.8 Å². The van der Waals surface area contributed by atoms with Crippen molar-refractivity contribution >= 4 is 0 Å². The van der Waals surface area contributed by atoms with Crippen molar-refractivity contribution in [2.24, 2.45) is 0 Å². The molecule has 0 atom stereocenters. The van der Waals surface area contributed by atoms with Crippen LogP contribution in [-0.2, 0) is 19.6 Å². The molecule has 0 spiro atoms. The Hall–Kier alpha value is -2.00. The van der Waals surface area contributed by atoms with Gasteiger partial charge in [-0.05, 0) is 18.6 Å². The number of rotatable bonds is 6. The SMILES string of the molecule is CCC[N+]1(Cc2ccccc2)Cc2cc(OC)c(OC)cc2C1. The van der Waals surface area contributed by atoms with E-state index in [1.165, 1.54) is 29.7 Å². The van der Waals surface area contributed by atoms with E-state index in [-0.39, 0.29) is 0 Å². The molecule has 3 heteroatoms. The molecule has 0 bridgehead atoms. The lowest BCUT2D eigenvalue weighted by Crippen LogP contribution is -2.42. The molecule has 0 unspecified atom stereocenters. The van der Waals surface area contributed by atoms with Crippen LogP contribution in [0.4, 0.5) is 0 Å². The van der Waals surface area contributed by atoms with Crippen LogP contribution in [0.1, 0.15) is 30.0 Å². The summed E-state index contributed by atoms with van der Waals surface area (Å²) < 4.78 is 12.0. The minimum atomic E-state index is 0.836. The zero-order valence-corrected chi connectivity index (χ0v) is 14.3. The molecule has 23 heavy (non-hydrogen) atoms. The Morgan fingerprint density at radius 2 is 1.48 bits per heavy atom. The predicted octanol–water partition coefficient (Wildman–Crippen LogP) is 4.14. The monoisotopic (exact) mass is 312 g/mol. The van der Waals surface area contributed by atoms with E-state index in [0.717, 1.165) is 35.6 Å². The van der Waals surface area contributed by atoms with Crippen molar-refractivity contribution in [2.75, 3.05) is 20.8 Å². The number of quaternary nitrogens is 1. The van der Waals surface area contributed by atoms with E-state index in [1.807, 2.05) is 0 Å². The summed E-state index contributed by atoms with van der Waals surface area (Å²) in [6.45, 7) is 6.67. The second kappa shape index (κ2) is 6.63. The topological polar surface area (TPSA) is 18.5 Å². The van der Waals surface area contributed by atoms with Crippen molar-refractivity contribution in [2.45, 2.75) is 33.0 Å². The van der Waals surface area contributed by atoms with Gasteiger partial charge in [0.15, 0.2) is 11.5 Å². The maximum Gasteiger partial charge on any atom is 0.161 e. The van der Waals surface area contributed by atoms with Crippen LogP contribution in [0.2, 0.25) is 0 Å². The summed E-state index contributed by atoms with van der Waals surface area (Å²) >= 11 is 0. The summed E-state index contributed by atoms with van der Waals surface area (Å²) in [5.74, 6) is 1.67. The van der Waals surface area contributed by atoms with Crippen molar-refractivity contribution in [1.29, 1.82) is 0 Å². The van der Waals surface area contributed by atoms with Crippen molar-refractivity contribution in [3.8, 4) is 11.5 Å². The summed E-state index contributed by atoms with van der Waals surface area (Å²) in [6, 6.07) is 15.1. The van der Waals surface area contributed by atoms with E-state index < -0.39 is 0 Å². The molecular formula is C20H26NO2+. The third kappa shape index (κ3) is 3.20. The molecule has 2 aromatic carbocycles. The van der Waals surface area contributed by atoms with Crippen molar-refractivity contribution in [1.82, 2.24) is 0 Å². The molecule has 1 aliphatic heterocycles. The predicted molar refractivity (Wildman–Crippen MR) is 92.5 cm³/mol. The van der Waals surface area contributed by atoms with E-state index in [0.29, 0.717) is 0 Å². The smallest absolute Gasteiger partial charge is 0.161 e. The first-order valence-corrected chi connectivity index (χ1v) is 8.32. The third-order valence-corrected chi connectivity index (χ3v) is 4.78. The number of benzene rings is 2. The molecule has 1 aliphatic rings. The summed E-state index contributed by atoms with van der Waals surface area (Å²) in [4.78, 5) is 0. The lowest BCUT2D eigenvalue weighted by molar-refractivity contribution is -0.960. The quantitative estimate of drug-likeness (QED) is 0.746. The number of ether oxygens (including phenoxy) is 2. The maximum atomic E-state index is 5.48. The van der Waals surface area contributed by atoms with Gasteiger partial charge in [-0.1, -0.05) is 37.3 Å². The van der Waals surface area contributed by atoms with Crippen LogP contribution >= 0.6 is 0 Å². The van der Waals surface area contributed by atoms with Crippen molar-refractivity contribution in [3.63, 3.8) is 0 Å². The molecule has 0 saturated carbocycles. The highest BCUT2D eigenvalue weighted by atomic mass is 16.5. The standard InChI is InChI=1S/C20H26NO2/c1-4-10-21(13-16-8-6-5-7-9-16)14-17-11-19(22-2)20(23-3)12-18(17)15-21/h5-9,11-12H,4,10,13-15H2,1-3H3/q+1. The molecule has 0 fully saturated rings. The molecule has 0 radical (unpaired) electrons. The molecule has 0 amide bonds. The molecule has 2 aromatic rings. The van der Waals surface area contributed by atoms with Gasteiger partial charge in [0.25, 0.3) is 0 Å². The molecule has 0 saturated heterocycles. The number of nitrogens with zero attached hydrogens (tertiary/aromatic N) is 1. The lowest BCUT2D eigenvalue weighted by atomic mass is 10.1. The largest absolute Gasteiger partial charge is 0.493 e. The van der Waals surface area contributed by atoms with Gasteiger partial charge in [-0.2, -0.15) is 0 Å². The Kier molecular flexibility index (Phi) is 4.58. The van der Waals surface area contributed by atoms with Crippen LogP contribution in [0.25, 0.3) is 0 Å². The molecule has 1 heterocycles. The zero-order chi connectivity index (χ0) is 16.3. The second-order valence-corrected chi connectivity index (χ2v) is 6.50. The number of hydrogen-bond donors (Lipinski definition) is 0. The summed E-state index contributed by atoms with van der Waals surface area (Å²) in [7, 11) is 3.41. The number of methoxy groups -OCH3 is 2. The van der Waals surface area contributed by atoms with Gasteiger partial charge < -0.3 is 14.0 Å². The first-order valence-electron chi connectivity index (χ1n) is 8.32. The van der Waals surface area contributed by atoms with Crippen molar-refractivity contribution < 1.29 is 14.0 Å². The fraction of sp³-hybridized carbons (Fsp3) is 0.400. The highest BCUT2D eigenvalue weighted by molar-refractivity contribution is 5.48. The van der Waals surface area contributed by atoms with Crippen molar-refractivity contribution in [3.05, 3.63) is 59.2 Å². The molecule has 0 aromatic heterocycles. The minimum Gasteiger partial charge on any atom is -0.493 e. The highest BCUT2D eigenvalue weighted by Crippen LogP contribution is 2.39. The van der Waals surface area contributed by atoms with E-state index >= 15 is 0 Å². The Labute approximate surface area is 139 Å². The maximum absolute atomic E-state index is 5.48. The summed E-state index contributed by atoms with van der Waals surface area (Å²) in [5.41, 5.74) is 4.20. The molecule has 0 aliphatic carbocycles. The number of fused-ring (bicyclic) bond motifs is 1. The molecular weight excluding hydrogens is 286 g/mol. The lowest BCUT2D eigenvalue weighted by Gasteiger charge is -2.34. The second-order valence-electron chi connectivity index (χ2n) is 6.50. The van der Waals surface area contributed by atoms with Crippen LogP contribution in [0, 0.1) is 0 Å². The Morgan fingerprint density at radius 1 is 0.913 bits per heavy atom. The third-order valence-electron chi connectivity index (χ3n) is 4.78. The van der Waals surface area contributed by atoms with Gasteiger partial charge in [-0.3, -0.25) is 0 Å². The van der Waals surface area contributed by atoms with E-state index in [2.05, 4.69) is 49.4 Å². The van der Waals surface area contributed by atoms with Crippen LogP contribution < -0.4 is 9.47 Å². The first kappa shape index (κ1) is 15.9. The van der Waals surface area contributed by atoms with Gasteiger partial charge in [-0.15, -0.1) is 0 Å². The van der Waals surface area contributed by atoms with E-state index in [9.17, 15) is 0 Å². The average Bonchev–Trinajstić information content (AvgIpc) is 2.91. The Bertz CT molecular complexity index is 634. The number of hydrogen-bond acceptors (Lipinski definition) is 2. The fourth-order valence-corrected chi connectivity index (χ4v) is 3.83. The van der Waals surface area contributed by atoms with Crippen LogP contribution in [-0.4, -0.2) is 25.2 Å². The fourth-order valence-electron chi connectivity index (χ4n) is 3.83. The van der Waals surface area contributed by atoms with Crippen LogP contribution in [0.5, 0.6) is 11.5 Å². The van der Waals surface area contributed by atoms with Crippen LogP contribution in [0.15, 0.2) is 42.5 Å². The van der Waals surface area contributed by atoms with E-state index in [4.69, 9.17) is 9.47 Å². The molecule has 122 valence electrons. The molecule has 3 nitrogen and oxygen atoms in total.